The molecule has 1 aliphatic heterocycles. The Morgan fingerprint density at radius 2 is 2.00 bits per heavy atom. The first-order valence-corrected chi connectivity index (χ1v) is 14.2. The van der Waals surface area contributed by atoms with Crippen molar-refractivity contribution in [3.63, 3.8) is 0 Å². The number of aromatic nitrogens is 3. The number of amides is 1. The van der Waals surface area contributed by atoms with E-state index in [2.05, 4.69) is 10.2 Å². The van der Waals surface area contributed by atoms with Gasteiger partial charge in [0.1, 0.15) is 11.3 Å². The van der Waals surface area contributed by atoms with Gasteiger partial charge in [-0.15, -0.1) is 0 Å². The van der Waals surface area contributed by atoms with Gasteiger partial charge in [0.15, 0.2) is 17.3 Å². The molecule has 0 radical (unpaired) electrons. The van der Waals surface area contributed by atoms with Gasteiger partial charge in [0.25, 0.3) is 5.56 Å². The van der Waals surface area contributed by atoms with Crippen LogP contribution >= 0.6 is 23.2 Å². The Hall–Kier alpha value is -3.99. The van der Waals surface area contributed by atoms with Crippen molar-refractivity contribution in [2.45, 2.75) is 18.9 Å². The van der Waals surface area contributed by atoms with Crippen molar-refractivity contribution in [3.05, 3.63) is 75.1 Å². The van der Waals surface area contributed by atoms with E-state index in [4.69, 9.17) is 38.4 Å². The second kappa shape index (κ2) is 12.5. The molecule has 1 amide bonds. The number of likely N-dealkylation sites (tertiary alicyclic amines) is 1. The molecule has 10 nitrogen and oxygen atoms in total. The minimum absolute atomic E-state index is 0.0457. The number of nitrogen functional groups attached to an aromatic ring is 1. The van der Waals surface area contributed by atoms with Gasteiger partial charge in [0.2, 0.25) is 5.91 Å². The van der Waals surface area contributed by atoms with Gasteiger partial charge in [-0.2, -0.15) is 5.10 Å². The molecule has 5 rings (SSSR count). The molecule has 4 aromatic rings. The predicted molar refractivity (Wildman–Crippen MR) is 166 cm³/mol. The Morgan fingerprint density at radius 1 is 1.19 bits per heavy atom. The van der Waals surface area contributed by atoms with Crippen LogP contribution in [-0.2, 0) is 4.79 Å². The molecule has 220 valence electrons. The Bertz CT molecular complexity index is 1710. The van der Waals surface area contributed by atoms with Crippen LogP contribution < -0.4 is 20.8 Å². The number of nitrogens with zero attached hydrogens (tertiary/aromatic N) is 4. The summed E-state index contributed by atoms with van der Waals surface area (Å²) in [5.74, 6) is 1.59. The van der Waals surface area contributed by atoms with Crippen molar-refractivity contribution in [2.24, 2.45) is 0 Å². The molecule has 0 aliphatic carbocycles. The fourth-order valence-corrected chi connectivity index (χ4v) is 5.47. The monoisotopic (exact) mass is 610 g/mol. The molecule has 3 N–H and O–H groups in total. The molecule has 1 atom stereocenters. The van der Waals surface area contributed by atoms with Crippen LogP contribution in [0.4, 0.5) is 5.82 Å². The number of H-pyrrole nitrogens is 1. The van der Waals surface area contributed by atoms with Gasteiger partial charge in [-0.25, -0.2) is 5.10 Å². The van der Waals surface area contributed by atoms with Crippen LogP contribution in [0.1, 0.15) is 18.9 Å². The Labute approximate surface area is 253 Å². The minimum atomic E-state index is -0.355. The van der Waals surface area contributed by atoms with Gasteiger partial charge < -0.3 is 29.6 Å². The maximum absolute atomic E-state index is 13.1. The second-order valence-corrected chi connectivity index (χ2v) is 11.2. The summed E-state index contributed by atoms with van der Waals surface area (Å²) in [6, 6.07) is 10.3. The van der Waals surface area contributed by atoms with Crippen molar-refractivity contribution < 1.29 is 14.3 Å². The van der Waals surface area contributed by atoms with E-state index in [1.807, 2.05) is 52.9 Å². The maximum atomic E-state index is 13.1. The van der Waals surface area contributed by atoms with E-state index in [1.54, 1.807) is 37.5 Å². The highest BCUT2D eigenvalue weighted by molar-refractivity contribution is 6.42. The smallest absolute Gasteiger partial charge is 0.288 e. The fraction of sp³-hybridized carbons (Fsp3) is 0.300. The second-order valence-electron chi connectivity index (χ2n) is 10.4. The number of piperidine rings is 1. The first-order valence-electron chi connectivity index (χ1n) is 13.5. The highest BCUT2D eigenvalue weighted by Crippen LogP contribution is 2.41. The summed E-state index contributed by atoms with van der Waals surface area (Å²) in [6.07, 6.45) is 6.99. The molecular weight excluding hydrogens is 579 g/mol. The van der Waals surface area contributed by atoms with Crippen molar-refractivity contribution in [2.75, 3.05) is 46.6 Å². The number of rotatable bonds is 8. The number of hydrogen-bond acceptors (Lipinski definition) is 7. The number of fused-ring (bicyclic) bond motifs is 1. The topological polar surface area (TPSA) is 119 Å². The SMILES string of the molecule is COc1cc(-c2cn(C3CCCN(C(=O)/C=C/CN(C)C)C3)c3c(=O)[nH]nc(N)c23)ccc1Oc1ccc(Cl)c(Cl)c1. The van der Waals surface area contributed by atoms with Gasteiger partial charge in [-0.3, -0.25) is 9.59 Å². The predicted octanol–water partition coefficient (Wildman–Crippen LogP) is 5.36. The number of nitrogens with one attached hydrogen (secondary N) is 1. The zero-order chi connectivity index (χ0) is 30.0. The summed E-state index contributed by atoms with van der Waals surface area (Å²) >= 11 is 12.2. The van der Waals surface area contributed by atoms with Gasteiger partial charge in [0, 0.05) is 43.5 Å². The zero-order valence-electron chi connectivity index (χ0n) is 23.6. The van der Waals surface area contributed by atoms with E-state index < -0.39 is 0 Å². The van der Waals surface area contributed by atoms with E-state index in [9.17, 15) is 9.59 Å². The number of anilines is 1. The highest BCUT2D eigenvalue weighted by Gasteiger charge is 2.28. The third-order valence-electron chi connectivity index (χ3n) is 7.21. The lowest BCUT2D eigenvalue weighted by atomic mass is 10.0. The first kappa shape index (κ1) is 29.5. The van der Waals surface area contributed by atoms with Crippen LogP contribution in [0.2, 0.25) is 10.0 Å². The quantitative estimate of drug-likeness (QED) is 0.258. The molecule has 1 saturated heterocycles. The molecule has 3 heterocycles. The molecule has 0 bridgehead atoms. The van der Waals surface area contributed by atoms with Crippen molar-refractivity contribution in [1.29, 1.82) is 0 Å². The summed E-state index contributed by atoms with van der Waals surface area (Å²) in [6.45, 7) is 1.80. The summed E-state index contributed by atoms with van der Waals surface area (Å²) in [7, 11) is 5.44. The van der Waals surface area contributed by atoms with Crippen molar-refractivity contribution in [3.8, 4) is 28.4 Å². The average molecular weight is 612 g/mol. The number of halogens is 2. The molecular formula is C30H32Cl2N6O4. The summed E-state index contributed by atoms with van der Waals surface area (Å²) in [4.78, 5) is 29.9. The highest BCUT2D eigenvalue weighted by atomic mass is 35.5. The van der Waals surface area contributed by atoms with E-state index in [0.717, 1.165) is 24.0 Å². The fourth-order valence-electron chi connectivity index (χ4n) is 5.18. The Morgan fingerprint density at radius 3 is 2.74 bits per heavy atom. The van der Waals surface area contributed by atoms with E-state index in [0.29, 0.717) is 57.8 Å². The molecule has 2 aromatic heterocycles. The number of ether oxygens (including phenoxy) is 2. The largest absolute Gasteiger partial charge is 0.493 e. The zero-order valence-corrected chi connectivity index (χ0v) is 25.1. The number of likely N-dealkylation sites (N-methyl/N-ethyl adjacent to an activating group) is 1. The normalized spacial score (nSPS) is 15.6. The van der Waals surface area contributed by atoms with E-state index >= 15 is 0 Å². The van der Waals surface area contributed by atoms with Crippen molar-refractivity contribution in [1.82, 2.24) is 24.6 Å². The summed E-state index contributed by atoms with van der Waals surface area (Å²) in [5.41, 5.74) is 7.87. The standard InChI is InChI=1S/C30H32Cl2N6O4/c1-36(2)12-5-7-26(39)37-13-4-6-19(16-37)38-17-21(27-28(38)30(40)35-34-29(27)33)18-8-11-24(25(14-18)41-3)42-20-9-10-22(31)23(32)15-20/h5,7-11,14-15,17,19H,4,6,12-13,16H2,1-3H3,(H2,33,34)(H,35,40)/b7-5+. The van der Waals surface area contributed by atoms with Crippen LogP contribution in [-0.4, -0.2) is 71.3 Å². The lowest BCUT2D eigenvalue weighted by Gasteiger charge is -2.33. The van der Waals surface area contributed by atoms with Gasteiger partial charge in [-0.1, -0.05) is 35.3 Å². The lowest BCUT2D eigenvalue weighted by molar-refractivity contribution is -0.127. The molecule has 2 aromatic carbocycles. The maximum Gasteiger partial charge on any atom is 0.288 e. The number of carbonyl (C=O) groups excluding carboxylic acids is 1. The van der Waals surface area contributed by atoms with E-state index in [-0.39, 0.29) is 23.3 Å². The van der Waals surface area contributed by atoms with E-state index in [1.165, 1.54) is 0 Å². The Balaban J connectivity index is 1.51. The van der Waals surface area contributed by atoms with Gasteiger partial charge >= 0.3 is 0 Å². The molecule has 0 saturated carbocycles. The van der Waals surface area contributed by atoms with Crippen molar-refractivity contribution >= 4 is 45.8 Å². The molecule has 0 spiro atoms. The third-order valence-corrected chi connectivity index (χ3v) is 7.95. The first-order chi connectivity index (χ1) is 20.2. The molecule has 1 fully saturated rings. The summed E-state index contributed by atoms with van der Waals surface area (Å²) < 4.78 is 13.6. The lowest BCUT2D eigenvalue weighted by Crippen LogP contribution is -2.40. The van der Waals surface area contributed by atoms with Gasteiger partial charge in [-0.05, 0) is 56.8 Å². The van der Waals surface area contributed by atoms with Crippen LogP contribution in [0.3, 0.4) is 0 Å². The molecule has 1 unspecified atom stereocenters. The van der Waals surface area contributed by atoms with Crippen LogP contribution in [0.15, 0.2) is 59.5 Å². The molecule has 42 heavy (non-hydrogen) atoms. The average Bonchev–Trinajstić information content (AvgIpc) is 3.39. The summed E-state index contributed by atoms with van der Waals surface area (Å²) in [5, 5.41) is 7.89. The number of nitrogens with two attached hydrogens (primary N) is 1. The van der Waals surface area contributed by atoms with Crippen LogP contribution in [0, 0.1) is 0 Å². The molecule has 12 heteroatoms. The van der Waals surface area contributed by atoms with Crippen LogP contribution in [0.25, 0.3) is 22.0 Å². The Kier molecular flexibility index (Phi) is 8.77. The number of carbonyl (C=O) groups is 1. The number of methoxy groups -OCH3 is 1. The van der Waals surface area contributed by atoms with Crippen LogP contribution in [0.5, 0.6) is 17.2 Å². The molecule has 1 aliphatic rings. The van der Waals surface area contributed by atoms with Gasteiger partial charge in [0.05, 0.1) is 28.6 Å². The number of aromatic amines is 1. The number of benzene rings is 2. The number of hydrogen-bond donors (Lipinski definition) is 2. The minimum Gasteiger partial charge on any atom is -0.493 e. The third kappa shape index (κ3) is 6.11.